The lowest BCUT2D eigenvalue weighted by Gasteiger charge is -2.41. The zero-order valence-corrected chi connectivity index (χ0v) is 60.8. The Morgan fingerprint density at radius 1 is 0.731 bits per heavy atom. The van der Waals surface area contributed by atoms with Crippen LogP contribution in [0.4, 0.5) is 11.5 Å². The van der Waals surface area contributed by atoms with E-state index in [0.29, 0.717) is 80.2 Å². The third-order valence-corrected chi connectivity index (χ3v) is 22.3. The van der Waals surface area contributed by atoms with Crippen molar-refractivity contribution in [1.29, 1.82) is 0 Å². The standard InChI is InChI=1S/C72H71N10O23P3/c1-79(2)43-13-20-50-56(33-43)102-57-34-44(80(3)4)14-21-51(57)63(50)48-18-11-40(31-54(48)69(88)89)67(86)78-72(25-29-81(30-26-72)68(87)41-12-19-49(55(32-41)70(90)91)64-52-22-15-45(83)35-58(52)103-59-36-46(84)16-23-53(59)64)71(92)75-27-7-5-6-10-60(85)74-28-8-9-42-37-82(66-62(42)65(73)76-39-77-66)61-24-17-47(101-61)38-100-107(96,97)105-108(98,99)104-106(93,94)95/h11-16,18-23,31-37,39,47,61H,5-7,10,17,24-30,38H2,1-4H3,(H11-,73,74,75,76,77,78,83,84,85,86,88,89,90,91,92,93,94,95,96,97,98,99)/p+1. The molecule has 2 aromatic heterocycles. The SMILES string of the molecule is CN(C)c1ccc2c(-c3ccc(C(=O)NC4(C(=O)NCCCCCC(=O)NCC#Cc5cn(C6CCC(COP(=O)(O)OP(=O)(O)OP(=O)(O)O)O6)c6ncnc(N)c56)CCN(C(=O)c5ccc(-c6c7ccc(=O)cc-7oc7cc(O)ccc67)c(C(=O)O)c5)CC4)cc3C(=O)O)c3ccc(=[N+](C)C)cc-3oc2c1. The Morgan fingerprint density at radius 2 is 1.37 bits per heavy atom. The molecule has 12 rings (SSSR count). The van der Waals surface area contributed by atoms with Crippen LogP contribution in [-0.2, 0) is 41.2 Å². The van der Waals surface area contributed by atoms with Crippen molar-refractivity contribution >= 4 is 104 Å². The van der Waals surface area contributed by atoms with Gasteiger partial charge in [0.15, 0.2) is 5.43 Å². The second-order valence-corrected chi connectivity index (χ2v) is 30.6. The number of piperidine rings is 1. The van der Waals surface area contributed by atoms with E-state index in [-0.39, 0.29) is 126 Å². The number of rotatable bonds is 24. The first-order valence-corrected chi connectivity index (χ1v) is 38.1. The maximum absolute atomic E-state index is 14.8. The van der Waals surface area contributed by atoms with Crippen LogP contribution in [0.1, 0.15) is 105 Å². The lowest BCUT2D eigenvalue weighted by atomic mass is 9.85. The number of aromatic carboxylic acids is 2. The predicted molar refractivity (Wildman–Crippen MR) is 391 cm³/mol. The Hall–Kier alpha value is -11.0. The summed E-state index contributed by atoms with van der Waals surface area (Å²) >= 11 is 0. The van der Waals surface area contributed by atoms with Gasteiger partial charge in [-0.05, 0) is 116 Å². The fraction of sp³-hybridized carbons (Fsp3) is 0.278. The maximum Gasteiger partial charge on any atom is 0.490 e. The summed E-state index contributed by atoms with van der Waals surface area (Å²) < 4.78 is 69.4. The molecule has 2 aliphatic carbocycles. The Bertz CT molecular complexity index is 5590. The van der Waals surface area contributed by atoms with Crippen molar-refractivity contribution in [3.05, 3.63) is 165 Å². The van der Waals surface area contributed by atoms with Gasteiger partial charge in [0.1, 0.15) is 72.1 Å². The topological polar surface area (TPSA) is 478 Å². The van der Waals surface area contributed by atoms with E-state index < -0.39 is 77.6 Å². The van der Waals surface area contributed by atoms with Crippen molar-refractivity contribution in [2.24, 2.45) is 0 Å². The van der Waals surface area contributed by atoms with Gasteiger partial charge in [0.05, 0.1) is 47.4 Å². The molecule has 4 atom stereocenters. The van der Waals surface area contributed by atoms with Gasteiger partial charge in [-0.2, -0.15) is 8.62 Å². The van der Waals surface area contributed by atoms with Crippen LogP contribution < -0.4 is 41.9 Å². The molecule has 6 heterocycles. The molecule has 2 fully saturated rings. The number of hydrogen-bond donors (Lipinski definition) is 11. The molecular formula is C72H72N10O23P3+. The lowest BCUT2D eigenvalue weighted by molar-refractivity contribution is -0.129. The van der Waals surface area contributed by atoms with E-state index in [1.807, 2.05) is 74.1 Å². The third kappa shape index (κ3) is 16.9. The quantitative estimate of drug-likeness (QED) is 0.00900. The van der Waals surface area contributed by atoms with Crippen molar-refractivity contribution in [1.82, 2.24) is 40.0 Å². The smallest absolute Gasteiger partial charge is 0.490 e. The zero-order chi connectivity index (χ0) is 77.3. The molecule has 0 spiro atoms. The Balaban J connectivity index is 0.728. The van der Waals surface area contributed by atoms with Crippen LogP contribution in [0.3, 0.4) is 0 Å². The number of nitrogens with two attached hydrogens (primary N) is 1. The number of anilines is 2. The highest BCUT2D eigenvalue weighted by Crippen LogP contribution is 2.66. The monoisotopic (exact) mass is 1540 g/mol. The zero-order valence-electron chi connectivity index (χ0n) is 58.2. The summed E-state index contributed by atoms with van der Waals surface area (Å²) in [5, 5.41) is 42.9. The summed E-state index contributed by atoms with van der Waals surface area (Å²) in [4.78, 5) is 145. The summed E-state index contributed by atoms with van der Waals surface area (Å²) in [6, 6.07) is 27.9. The summed E-state index contributed by atoms with van der Waals surface area (Å²) in [5.74, 6) is 1.32. The average molecular weight is 1540 g/mol. The number of likely N-dealkylation sites (tertiary alicyclic amines) is 1. The van der Waals surface area contributed by atoms with Gasteiger partial charge in [0.25, 0.3) is 11.8 Å². The molecule has 4 unspecified atom stereocenters. The number of carboxylic acid groups (broad SMARTS) is 2. The van der Waals surface area contributed by atoms with Gasteiger partial charge < -0.3 is 84.5 Å². The van der Waals surface area contributed by atoms with Gasteiger partial charge in [-0.15, -0.1) is 0 Å². The van der Waals surface area contributed by atoms with Gasteiger partial charge >= 0.3 is 35.4 Å². The molecule has 36 heteroatoms. The second-order valence-electron chi connectivity index (χ2n) is 26.1. The average Bonchev–Trinajstić information content (AvgIpc) is 0.796. The number of ether oxygens (including phenoxy) is 1. The Kier molecular flexibility index (Phi) is 22.1. The van der Waals surface area contributed by atoms with E-state index in [2.05, 4.69) is 46.4 Å². The van der Waals surface area contributed by atoms with Crippen LogP contribution in [0.5, 0.6) is 5.75 Å². The third-order valence-electron chi connectivity index (χ3n) is 18.5. The molecule has 12 N–H and O–H groups in total. The Morgan fingerprint density at radius 3 is 2.04 bits per heavy atom. The van der Waals surface area contributed by atoms with Crippen LogP contribution in [-0.4, -0.2) is 163 Å². The minimum Gasteiger partial charge on any atom is -0.508 e. The number of amides is 4. The fourth-order valence-corrected chi connectivity index (χ4v) is 16.3. The van der Waals surface area contributed by atoms with Crippen molar-refractivity contribution < 1.29 is 104 Å². The first-order valence-electron chi connectivity index (χ1n) is 33.6. The molecule has 0 saturated carbocycles. The molecule has 4 aromatic carbocycles. The number of aromatic hydroxyl groups is 1. The summed E-state index contributed by atoms with van der Waals surface area (Å²) in [5.41, 5.74) is 8.07. The maximum atomic E-state index is 14.8. The lowest BCUT2D eigenvalue weighted by Crippen LogP contribution is -2.63. The number of phenols is 1. The minimum atomic E-state index is -5.74. The van der Waals surface area contributed by atoms with Gasteiger partial charge in [-0.25, -0.2) is 37.8 Å². The number of carbonyl (C=O) groups is 6. The molecule has 562 valence electrons. The summed E-state index contributed by atoms with van der Waals surface area (Å²) in [6.45, 7) is -0.928. The fourth-order valence-electron chi connectivity index (χ4n) is 13.2. The molecule has 4 amide bonds. The molecule has 108 heavy (non-hydrogen) atoms. The van der Waals surface area contributed by atoms with E-state index in [4.69, 9.17) is 33.6 Å². The highest BCUT2D eigenvalue weighted by Gasteiger charge is 2.45. The van der Waals surface area contributed by atoms with Crippen LogP contribution in [0.2, 0.25) is 0 Å². The van der Waals surface area contributed by atoms with Crippen molar-refractivity contribution in [3.8, 4) is 62.5 Å². The van der Waals surface area contributed by atoms with E-state index >= 15 is 0 Å². The second kappa shape index (κ2) is 31.1. The number of phosphoric ester groups is 1. The van der Waals surface area contributed by atoms with Crippen LogP contribution in [0.15, 0.2) is 135 Å². The predicted octanol–water partition coefficient (Wildman–Crippen LogP) is 7.88. The number of fused-ring (bicyclic) bond motifs is 5. The first kappa shape index (κ1) is 76.7. The number of unbranched alkanes of at least 4 members (excludes halogenated alkanes) is 2. The van der Waals surface area contributed by atoms with Crippen molar-refractivity contribution in [2.45, 2.75) is 69.2 Å². The molecule has 6 aromatic rings. The van der Waals surface area contributed by atoms with E-state index in [1.165, 1.54) is 71.9 Å². The number of aromatic nitrogens is 3. The summed E-state index contributed by atoms with van der Waals surface area (Å²) in [6.07, 6.45) is 2.61. The molecule has 0 radical (unpaired) electrons. The van der Waals surface area contributed by atoms with Gasteiger partial charge in [-0.3, -0.25) is 28.5 Å². The summed E-state index contributed by atoms with van der Waals surface area (Å²) in [7, 11) is -9.23. The molecule has 0 bridgehead atoms. The molecule has 33 nitrogen and oxygen atoms in total. The first-order chi connectivity index (χ1) is 51.2. The molecular weight excluding hydrogens is 1470 g/mol. The normalized spacial score (nSPS) is 16.2. The molecule has 6 aliphatic rings. The molecule has 2 saturated heterocycles. The van der Waals surface area contributed by atoms with Gasteiger partial charge in [-0.1, -0.05) is 30.4 Å². The number of carboxylic acids is 2. The minimum absolute atomic E-state index is 0.0138. The number of nitrogens with one attached hydrogen (secondary N) is 3. The van der Waals surface area contributed by atoms with E-state index in [1.54, 1.807) is 22.9 Å². The highest BCUT2D eigenvalue weighted by molar-refractivity contribution is 7.66. The molecule has 4 aliphatic heterocycles. The van der Waals surface area contributed by atoms with Crippen LogP contribution >= 0.6 is 23.5 Å². The van der Waals surface area contributed by atoms with E-state index in [0.717, 1.165) is 11.0 Å². The van der Waals surface area contributed by atoms with Gasteiger partial charge in [0, 0.05) is 120 Å². The number of carbonyl (C=O) groups excluding carboxylic acids is 4. The number of phenolic OH excluding ortho intramolecular Hbond substituents is 1. The Labute approximate surface area is 613 Å². The number of phosphoric acid groups is 3. The van der Waals surface area contributed by atoms with Crippen LogP contribution in [0, 0.1) is 11.8 Å². The van der Waals surface area contributed by atoms with Crippen LogP contribution in [0.25, 0.3) is 77.9 Å². The van der Waals surface area contributed by atoms with Gasteiger partial charge in [0.2, 0.25) is 17.2 Å². The largest absolute Gasteiger partial charge is 0.508 e. The number of hydrogen-bond acceptors (Lipinski definition) is 21. The number of nitrogens with zero attached hydrogens (tertiary/aromatic N) is 6. The number of benzene rings is 6. The van der Waals surface area contributed by atoms with Crippen molar-refractivity contribution in [3.63, 3.8) is 0 Å². The number of nitrogen functional groups attached to an aromatic ring is 1. The highest BCUT2D eigenvalue weighted by atomic mass is 31.3. The van der Waals surface area contributed by atoms with E-state index in [9.17, 15) is 72.4 Å². The van der Waals surface area contributed by atoms with Crippen molar-refractivity contribution in [2.75, 3.05) is 71.6 Å².